The first kappa shape index (κ1) is 20.6. The highest BCUT2D eigenvalue weighted by molar-refractivity contribution is 6.30. The number of halogens is 1. The Bertz CT molecular complexity index is 951. The molecule has 2 heterocycles. The Hall–Kier alpha value is -2.67. The van der Waals surface area contributed by atoms with Crippen molar-refractivity contribution in [3.8, 4) is 0 Å². The summed E-state index contributed by atoms with van der Waals surface area (Å²) in [4.78, 5) is 21.4. The predicted molar refractivity (Wildman–Crippen MR) is 116 cm³/mol. The molecule has 7 heteroatoms. The van der Waals surface area contributed by atoms with Crippen molar-refractivity contribution in [3.63, 3.8) is 0 Å². The molecule has 156 valence electrons. The number of aromatic nitrogens is 1. The number of carbonyl (C=O) groups is 1. The van der Waals surface area contributed by atoms with Crippen LogP contribution in [0.25, 0.3) is 0 Å². The van der Waals surface area contributed by atoms with E-state index in [9.17, 15) is 4.79 Å². The average molecular weight is 425 g/mol. The standard InChI is InChI=1S/C23H25ClN4O2/c24-20-8-6-19(7-9-20)15-27-10-12-28(13-11-27)16-22-26-21(17-30-22)23(29)25-14-18-4-2-1-3-5-18/h1-9,17H,10-16H2,(H,25,29). The van der Waals surface area contributed by atoms with E-state index in [1.54, 1.807) is 0 Å². The van der Waals surface area contributed by atoms with E-state index in [2.05, 4.69) is 32.2 Å². The number of amides is 1. The summed E-state index contributed by atoms with van der Waals surface area (Å²) in [6.07, 6.45) is 1.44. The highest BCUT2D eigenvalue weighted by atomic mass is 35.5. The van der Waals surface area contributed by atoms with Crippen molar-refractivity contribution in [1.82, 2.24) is 20.1 Å². The van der Waals surface area contributed by atoms with E-state index in [1.807, 2.05) is 42.5 Å². The Kier molecular flexibility index (Phi) is 6.79. The maximum atomic E-state index is 12.3. The zero-order valence-corrected chi connectivity index (χ0v) is 17.5. The normalized spacial score (nSPS) is 15.2. The van der Waals surface area contributed by atoms with Gasteiger partial charge < -0.3 is 9.73 Å². The summed E-state index contributed by atoms with van der Waals surface area (Å²) >= 11 is 5.96. The van der Waals surface area contributed by atoms with E-state index in [0.29, 0.717) is 24.7 Å². The molecule has 1 saturated heterocycles. The first-order valence-electron chi connectivity index (χ1n) is 10.1. The fourth-order valence-corrected chi connectivity index (χ4v) is 3.63. The molecule has 0 bridgehead atoms. The minimum Gasteiger partial charge on any atom is -0.447 e. The van der Waals surface area contributed by atoms with Crippen LogP contribution in [0.3, 0.4) is 0 Å². The molecular weight excluding hydrogens is 400 g/mol. The van der Waals surface area contributed by atoms with Crippen molar-refractivity contribution in [3.05, 3.63) is 88.6 Å². The quantitative estimate of drug-likeness (QED) is 0.628. The lowest BCUT2D eigenvalue weighted by molar-refractivity contribution is 0.0945. The molecule has 4 rings (SSSR count). The van der Waals surface area contributed by atoms with Crippen molar-refractivity contribution < 1.29 is 9.21 Å². The highest BCUT2D eigenvalue weighted by Gasteiger charge is 2.20. The second-order valence-electron chi connectivity index (χ2n) is 7.47. The van der Waals surface area contributed by atoms with Gasteiger partial charge in [0.15, 0.2) is 5.69 Å². The van der Waals surface area contributed by atoms with Crippen LogP contribution in [0.5, 0.6) is 0 Å². The van der Waals surface area contributed by atoms with Crippen LogP contribution < -0.4 is 5.32 Å². The molecule has 0 atom stereocenters. The summed E-state index contributed by atoms with van der Waals surface area (Å²) < 4.78 is 5.53. The molecule has 0 aliphatic carbocycles. The fraction of sp³-hybridized carbons (Fsp3) is 0.304. The lowest BCUT2D eigenvalue weighted by Gasteiger charge is -2.34. The summed E-state index contributed by atoms with van der Waals surface area (Å²) in [6.45, 7) is 5.84. The van der Waals surface area contributed by atoms with E-state index < -0.39 is 0 Å². The minimum absolute atomic E-state index is 0.221. The second kappa shape index (κ2) is 9.89. The van der Waals surface area contributed by atoms with Gasteiger partial charge in [-0.25, -0.2) is 4.98 Å². The van der Waals surface area contributed by atoms with Gasteiger partial charge >= 0.3 is 0 Å². The second-order valence-corrected chi connectivity index (χ2v) is 7.91. The van der Waals surface area contributed by atoms with E-state index >= 15 is 0 Å². The number of piperazine rings is 1. The minimum atomic E-state index is -0.221. The molecule has 1 N–H and O–H groups in total. The van der Waals surface area contributed by atoms with Crippen LogP contribution in [-0.4, -0.2) is 46.9 Å². The largest absolute Gasteiger partial charge is 0.447 e. The lowest BCUT2D eigenvalue weighted by atomic mass is 10.2. The monoisotopic (exact) mass is 424 g/mol. The van der Waals surface area contributed by atoms with Gasteiger partial charge in [-0.2, -0.15) is 0 Å². The summed E-state index contributed by atoms with van der Waals surface area (Å²) in [5.41, 5.74) is 2.64. The van der Waals surface area contributed by atoms with Crippen LogP contribution in [0.4, 0.5) is 0 Å². The molecule has 0 spiro atoms. The number of hydrogen-bond acceptors (Lipinski definition) is 5. The van der Waals surface area contributed by atoms with Crippen LogP contribution in [0.15, 0.2) is 65.3 Å². The van der Waals surface area contributed by atoms with Crippen LogP contribution >= 0.6 is 11.6 Å². The van der Waals surface area contributed by atoms with E-state index in [-0.39, 0.29) is 5.91 Å². The van der Waals surface area contributed by atoms with Gasteiger partial charge in [0.25, 0.3) is 5.91 Å². The van der Waals surface area contributed by atoms with Crippen LogP contribution in [0.2, 0.25) is 5.02 Å². The first-order valence-corrected chi connectivity index (χ1v) is 10.5. The Morgan fingerprint density at radius 2 is 1.60 bits per heavy atom. The highest BCUT2D eigenvalue weighted by Crippen LogP contribution is 2.14. The maximum absolute atomic E-state index is 12.3. The van der Waals surface area contributed by atoms with Gasteiger partial charge in [-0.1, -0.05) is 54.1 Å². The number of oxazole rings is 1. The van der Waals surface area contributed by atoms with Gasteiger partial charge in [0.1, 0.15) is 6.26 Å². The number of nitrogens with one attached hydrogen (secondary N) is 1. The number of nitrogens with zero attached hydrogens (tertiary/aromatic N) is 3. The molecule has 1 aliphatic rings. The number of rotatable bonds is 7. The Morgan fingerprint density at radius 1 is 0.933 bits per heavy atom. The molecule has 0 radical (unpaired) electrons. The molecule has 1 fully saturated rings. The Labute approximate surface area is 181 Å². The maximum Gasteiger partial charge on any atom is 0.273 e. The third kappa shape index (κ3) is 5.69. The van der Waals surface area contributed by atoms with E-state index in [1.165, 1.54) is 11.8 Å². The van der Waals surface area contributed by atoms with Crippen molar-refractivity contribution >= 4 is 17.5 Å². The molecule has 1 aromatic heterocycles. The Morgan fingerprint density at radius 3 is 2.30 bits per heavy atom. The van der Waals surface area contributed by atoms with E-state index in [0.717, 1.165) is 43.3 Å². The van der Waals surface area contributed by atoms with Crippen molar-refractivity contribution in [2.75, 3.05) is 26.2 Å². The molecule has 2 aromatic carbocycles. The molecule has 0 saturated carbocycles. The summed E-state index contributed by atoms with van der Waals surface area (Å²) in [5.74, 6) is 0.354. The van der Waals surface area contributed by atoms with E-state index in [4.69, 9.17) is 16.0 Å². The fourth-order valence-electron chi connectivity index (χ4n) is 3.50. The topological polar surface area (TPSA) is 61.6 Å². The van der Waals surface area contributed by atoms with Crippen molar-refractivity contribution in [1.29, 1.82) is 0 Å². The first-order chi connectivity index (χ1) is 14.7. The van der Waals surface area contributed by atoms with Gasteiger partial charge in [0, 0.05) is 44.3 Å². The van der Waals surface area contributed by atoms with Crippen LogP contribution in [-0.2, 0) is 19.6 Å². The third-order valence-electron chi connectivity index (χ3n) is 5.22. The lowest BCUT2D eigenvalue weighted by Crippen LogP contribution is -2.45. The summed E-state index contributed by atoms with van der Waals surface area (Å²) in [5, 5.41) is 3.64. The predicted octanol–water partition coefficient (Wildman–Crippen LogP) is 3.58. The smallest absolute Gasteiger partial charge is 0.273 e. The molecule has 0 unspecified atom stereocenters. The number of carbonyl (C=O) groups excluding carboxylic acids is 1. The molecule has 3 aromatic rings. The Balaban J connectivity index is 1.22. The van der Waals surface area contributed by atoms with Gasteiger partial charge in [-0.05, 0) is 23.3 Å². The number of hydrogen-bond donors (Lipinski definition) is 1. The molecule has 1 amide bonds. The van der Waals surface area contributed by atoms with Crippen LogP contribution in [0.1, 0.15) is 27.5 Å². The molecule has 6 nitrogen and oxygen atoms in total. The van der Waals surface area contributed by atoms with Crippen molar-refractivity contribution in [2.45, 2.75) is 19.6 Å². The average Bonchev–Trinajstić information content (AvgIpc) is 3.24. The molecule has 1 aliphatic heterocycles. The van der Waals surface area contributed by atoms with Crippen molar-refractivity contribution in [2.24, 2.45) is 0 Å². The zero-order valence-electron chi connectivity index (χ0n) is 16.8. The van der Waals surface area contributed by atoms with Gasteiger partial charge in [-0.15, -0.1) is 0 Å². The van der Waals surface area contributed by atoms with Crippen LogP contribution in [0, 0.1) is 0 Å². The molecular formula is C23H25ClN4O2. The van der Waals surface area contributed by atoms with Gasteiger partial charge in [-0.3, -0.25) is 14.6 Å². The SMILES string of the molecule is O=C(NCc1ccccc1)c1coc(CN2CCN(Cc3ccc(Cl)cc3)CC2)n1. The number of benzene rings is 2. The zero-order chi connectivity index (χ0) is 20.8. The third-order valence-corrected chi connectivity index (χ3v) is 5.48. The van der Waals surface area contributed by atoms with Gasteiger partial charge in [0.2, 0.25) is 5.89 Å². The molecule has 30 heavy (non-hydrogen) atoms. The summed E-state index contributed by atoms with van der Waals surface area (Å²) in [6, 6.07) is 17.8. The van der Waals surface area contributed by atoms with Gasteiger partial charge in [0.05, 0.1) is 6.54 Å². The summed E-state index contributed by atoms with van der Waals surface area (Å²) in [7, 11) is 0.